The van der Waals surface area contributed by atoms with Gasteiger partial charge in [-0.05, 0) is 37.0 Å². The highest BCUT2D eigenvalue weighted by atomic mass is 16.5. The standard InChI is InChI=1S/C15H22N4O5/c16-11(2-1-7-19-15(18)23)14(22)24-10-5-3-9(4-6-10)8-12(17)13(20)21/h3-6,11-12H,1-2,7-8,16-17H2,(H,20,21)(H3,18,19,23)/t11-,12-/m0/s1. The number of carboxylic acids is 1. The van der Waals surface area contributed by atoms with Gasteiger partial charge in [-0.15, -0.1) is 0 Å². The van der Waals surface area contributed by atoms with E-state index >= 15 is 0 Å². The molecule has 0 aliphatic carbocycles. The number of hydrogen-bond acceptors (Lipinski definition) is 6. The number of urea groups is 1. The van der Waals surface area contributed by atoms with Crippen molar-refractivity contribution >= 4 is 18.0 Å². The molecule has 1 aromatic carbocycles. The molecule has 0 saturated heterocycles. The fourth-order valence-electron chi connectivity index (χ4n) is 1.88. The van der Waals surface area contributed by atoms with Crippen molar-refractivity contribution in [1.82, 2.24) is 5.32 Å². The second-order valence-corrected chi connectivity index (χ2v) is 5.25. The summed E-state index contributed by atoms with van der Waals surface area (Å²) in [7, 11) is 0. The van der Waals surface area contributed by atoms with Crippen molar-refractivity contribution in [2.24, 2.45) is 17.2 Å². The molecule has 2 amide bonds. The minimum absolute atomic E-state index is 0.177. The van der Waals surface area contributed by atoms with E-state index in [1.165, 1.54) is 0 Å². The number of amides is 2. The summed E-state index contributed by atoms with van der Waals surface area (Å²) in [5, 5.41) is 11.2. The predicted molar refractivity (Wildman–Crippen MR) is 86.2 cm³/mol. The zero-order valence-electron chi connectivity index (χ0n) is 13.1. The molecule has 0 aliphatic rings. The molecule has 1 aromatic rings. The molecular formula is C15H22N4O5. The van der Waals surface area contributed by atoms with E-state index in [1.807, 2.05) is 0 Å². The van der Waals surface area contributed by atoms with Crippen molar-refractivity contribution in [2.45, 2.75) is 31.3 Å². The summed E-state index contributed by atoms with van der Waals surface area (Å²) in [5.41, 5.74) is 16.8. The number of nitrogens with two attached hydrogens (primary N) is 3. The average molecular weight is 338 g/mol. The molecule has 0 fully saturated rings. The lowest BCUT2D eigenvalue weighted by Crippen LogP contribution is -2.36. The second-order valence-electron chi connectivity index (χ2n) is 5.25. The smallest absolute Gasteiger partial charge is 0.328 e. The predicted octanol–water partition coefficient (Wildman–Crippen LogP) is -0.678. The van der Waals surface area contributed by atoms with Crippen LogP contribution in [0.2, 0.25) is 0 Å². The molecule has 9 heteroatoms. The van der Waals surface area contributed by atoms with Crippen LogP contribution in [-0.4, -0.2) is 41.7 Å². The first-order valence-electron chi connectivity index (χ1n) is 7.37. The van der Waals surface area contributed by atoms with Gasteiger partial charge in [-0.25, -0.2) is 9.59 Å². The minimum Gasteiger partial charge on any atom is -0.480 e. The molecule has 24 heavy (non-hydrogen) atoms. The van der Waals surface area contributed by atoms with Crippen LogP contribution in [0.4, 0.5) is 4.79 Å². The Labute approximate surface area is 139 Å². The van der Waals surface area contributed by atoms with Crippen LogP contribution < -0.4 is 27.3 Å². The topological polar surface area (TPSA) is 171 Å². The zero-order chi connectivity index (χ0) is 18.1. The Balaban J connectivity index is 2.43. The highest BCUT2D eigenvalue weighted by Crippen LogP contribution is 2.14. The first-order chi connectivity index (χ1) is 11.3. The lowest BCUT2D eigenvalue weighted by molar-refractivity contribution is -0.138. The van der Waals surface area contributed by atoms with E-state index in [-0.39, 0.29) is 6.42 Å². The molecule has 0 saturated carbocycles. The number of carbonyl (C=O) groups excluding carboxylic acids is 2. The van der Waals surface area contributed by atoms with Gasteiger partial charge in [0.25, 0.3) is 0 Å². The van der Waals surface area contributed by atoms with Crippen molar-refractivity contribution in [3.05, 3.63) is 29.8 Å². The maximum Gasteiger partial charge on any atom is 0.328 e. The van der Waals surface area contributed by atoms with Gasteiger partial charge in [-0.2, -0.15) is 0 Å². The number of rotatable bonds is 9. The van der Waals surface area contributed by atoms with Gasteiger partial charge in [-0.1, -0.05) is 12.1 Å². The number of nitrogens with one attached hydrogen (secondary N) is 1. The molecule has 0 aliphatic heterocycles. The van der Waals surface area contributed by atoms with Gasteiger partial charge in [0.2, 0.25) is 0 Å². The molecule has 0 bridgehead atoms. The molecule has 1 rings (SSSR count). The third kappa shape index (κ3) is 7.07. The summed E-state index contributed by atoms with van der Waals surface area (Å²) in [6.07, 6.45) is 1.01. The normalized spacial score (nSPS) is 12.9. The van der Waals surface area contributed by atoms with Gasteiger partial charge in [0.1, 0.15) is 17.8 Å². The molecule has 132 valence electrons. The Hall–Kier alpha value is -2.65. The Kier molecular flexibility index (Phi) is 7.66. The maximum absolute atomic E-state index is 11.8. The summed E-state index contributed by atoms with van der Waals surface area (Å²) in [4.78, 5) is 33.0. The van der Waals surface area contributed by atoms with Gasteiger partial charge >= 0.3 is 18.0 Å². The molecule has 0 aromatic heterocycles. The van der Waals surface area contributed by atoms with E-state index in [0.29, 0.717) is 30.7 Å². The van der Waals surface area contributed by atoms with Crippen LogP contribution in [0.5, 0.6) is 5.75 Å². The fourth-order valence-corrected chi connectivity index (χ4v) is 1.88. The van der Waals surface area contributed by atoms with Crippen molar-refractivity contribution in [2.75, 3.05) is 6.54 Å². The first kappa shape index (κ1) is 19.4. The number of esters is 1. The third-order valence-electron chi connectivity index (χ3n) is 3.21. The average Bonchev–Trinajstić information content (AvgIpc) is 2.52. The first-order valence-corrected chi connectivity index (χ1v) is 7.37. The molecule has 2 atom stereocenters. The Bertz CT molecular complexity index is 576. The summed E-state index contributed by atoms with van der Waals surface area (Å²) in [5.74, 6) is -1.37. The zero-order valence-corrected chi connectivity index (χ0v) is 13.1. The van der Waals surface area contributed by atoms with Gasteiger partial charge in [-0.3, -0.25) is 4.79 Å². The number of hydrogen-bond donors (Lipinski definition) is 5. The Morgan fingerprint density at radius 3 is 2.29 bits per heavy atom. The van der Waals surface area contributed by atoms with Crippen molar-refractivity contribution in [3.63, 3.8) is 0 Å². The van der Waals surface area contributed by atoms with Crippen molar-refractivity contribution in [3.8, 4) is 5.75 Å². The van der Waals surface area contributed by atoms with Crippen LogP contribution in [0.25, 0.3) is 0 Å². The molecule has 8 N–H and O–H groups in total. The summed E-state index contributed by atoms with van der Waals surface area (Å²) in [6.45, 7) is 0.328. The van der Waals surface area contributed by atoms with Crippen LogP contribution in [0.15, 0.2) is 24.3 Å². The minimum atomic E-state index is -1.08. The van der Waals surface area contributed by atoms with E-state index in [1.54, 1.807) is 24.3 Å². The van der Waals surface area contributed by atoms with Crippen LogP contribution in [0.1, 0.15) is 18.4 Å². The van der Waals surface area contributed by atoms with E-state index in [0.717, 1.165) is 0 Å². The van der Waals surface area contributed by atoms with Crippen molar-refractivity contribution < 1.29 is 24.2 Å². The number of benzene rings is 1. The number of carbonyl (C=O) groups is 3. The number of aliphatic carboxylic acids is 1. The molecule has 0 radical (unpaired) electrons. The van der Waals surface area contributed by atoms with E-state index in [9.17, 15) is 14.4 Å². The van der Waals surface area contributed by atoms with Gasteiger partial charge < -0.3 is 32.4 Å². The fraction of sp³-hybridized carbons (Fsp3) is 0.400. The highest BCUT2D eigenvalue weighted by molar-refractivity contribution is 5.78. The number of primary amides is 1. The summed E-state index contributed by atoms with van der Waals surface area (Å²) in [6, 6.07) is 3.92. The lowest BCUT2D eigenvalue weighted by atomic mass is 10.1. The van der Waals surface area contributed by atoms with Crippen LogP contribution in [0, 0.1) is 0 Å². The van der Waals surface area contributed by atoms with Gasteiger partial charge in [0.05, 0.1) is 0 Å². The van der Waals surface area contributed by atoms with Crippen molar-refractivity contribution in [1.29, 1.82) is 0 Å². The van der Waals surface area contributed by atoms with E-state index in [4.69, 9.17) is 27.0 Å². The monoisotopic (exact) mass is 338 g/mol. The lowest BCUT2D eigenvalue weighted by Gasteiger charge is -2.12. The highest BCUT2D eigenvalue weighted by Gasteiger charge is 2.16. The number of carboxylic acid groups (broad SMARTS) is 1. The second kappa shape index (κ2) is 9.48. The Morgan fingerprint density at radius 2 is 1.75 bits per heavy atom. The van der Waals surface area contributed by atoms with E-state index in [2.05, 4.69) is 5.32 Å². The SMILES string of the molecule is NC(=O)NCCC[C@H](N)C(=O)Oc1ccc(C[C@H](N)C(=O)O)cc1. The maximum atomic E-state index is 11.8. The van der Waals surface area contributed by atoms with Gasteiger partial charge in [0.15, 0.2) is 0 Å². The molecular weight excluding hydrogens is 316 g/mol. The molecule has 0 heterocycles. The third-order valence-corrected chi connectivity index (χ3v) is 3.21. The summed E-state index contributed by atoms with van der Waals surface area (Å²) >= 11 is 0. The molecule has 9 nitrogen and oxygen atoms in total. The Morgan fingerprint density at radius 1 is 1.12 bits per heavy atom. The number of ether oxygens (including phenoxy) is 1. The van der Waals surface area contributed by atoms with Crippen LogP contribution >= 0.6 is 0 Å². The molecule has 0 unspecified atom stereocenters. The van der Waals surface area contributed by atoms with Gasteiger partial charge in [0, 0.05) is 6.54 Å². The summed E-state index contributed by atoms with van der Waals surface area (Å²) < 4.78 is 5.14. The van der Waals surface area contributed by atoms with Crippen LogP contribution in [-0.2, 0) is 16.0 Å². The van der Waals surface area contributed by atoms with E-state index < -0.39 is 30.1 Å². The molecule has 0 spiro atoms. The largest absolute Gasteiger partial charge is 0.480 e. The van der Waals surface area contributed by atoms with Crippen LogP contribution in [0.3, 0.4) is 0 Å². The quantitative estimate of drug-likeness (QED) is 0.225.